The summed E-state index contributed by atoms with van der Waals surface area (Å²) in [5.74, 6) is -0.206. The highest BCUT2D eigenvalue weighted by molar-refractivity contribution is 7.93. The minimum absolute atomic E-state index is 0.00828. The van der Waals surface area contributed by atoms with Crippen LogP contribution < -0.4 is 4.74 Å². The summed E-state index contributed by atoms with van der Waals surface area (Å²) in [7, 11) is -3.25. The summed E-state index contributed by atoms with van der Waals surface area (Å²) in [6.07, 6.45) is 3.67. The SMILES string of the molecule is CCOCC(=O)N1CC2(C1)C(COc1ncccn1)CCS2(=O)=O. The Morgan fingerprint density at radius 2 is 2.08 bits per heavy atom. The number of carbonyl (C=O) groups excluding carboxylic acids is 1. The maximum absolute atomic E-state index is 12.5. The van der Waals surface area contributed by atoms with Crippen LogP contribution in [0.5, 0.6) is 6.01 Å². The first kappa shape index (κ1) is 17.1. The summed E-state index contributed by atoms with van der Waals surface area (Å²) in [6.45, 7) is 2.92. The Morgan fingerprint density at radius 1 is 1.38 bits per heavy atom. The third kappa shape index (κ3) is 2.98. The van der Waals surface area contributed by atoms with Gasteiger partial charge >= 0.3 is 6.01 Å². The topological polar surface area (TPSA) is 98.7 Å². The molecule has 2 aliphatic heterocycles. The maximum Gasteiger partial charge on any atom is 0.316 e. The van der Waals surface area contributed by atoms with E-state index in [4.69, 9.17) is 9.47 Å². The van der Waals surface area contributed by atoms with Crippen LogP contribution >= 0.6 is 0 Å². The lowest BCUT2D eigenvalue weighted by molar-refractivity contribution is -0.142. The van der Waals surface area contributed by atoms with E-state index in [-0.39, 0.29) is 49.9 Å². The molecule has 2 aliphatic rings. The molecule has 0 radical (unpaired) electrons. The summed E-state index contributed by atoms with van der Waals surface area (Å²) >= 11 is 0. The number of likely N-dealkylation sites (tertiary alicyclic amines) is 1. The van der Waals surface area contributed by atoms with E-state index in [0.717, 1.165) is 0 Å². The highest BCUT2D eigenvalue weighted by Crippen LogP contribution is 2.44. The number of aromatic nitrogens is 2. The monoisotopic (exact) mass is 355 g/mol. The number of sulfone groups is 1. The Hall–Kier alpha value is -1.74. The highest BCUT2D eigenvalue weighted by atomic mass is 32.2. The van der Waals surface area contributed by atoms with Gasteiger partial charge in [0.15, 0.2) is 9.84 Å². The van der Waals surface area contributed by atoms with Crippen molar-refractivity contribution in [1.82, 2.24) is 14.9 Å². The van der Waals surface area contributed by atoms with Crippen LogP contribution in [0.3, 0.4) is 0 Å². The summed E-state index contributed by atoms with van der Waals surface area (Å²) < 4.78 is 34.8. The molecule has 24 heavy (non-hydrogen) atoms. The van der Waals surface area contributed by atoms with Crippen molar-refractivity contribution in [3.63, 3.8) is 0 Å². The molecule has 1 aromatic rings. The van der Waals surface area contributed by atoms with Crippen LogP contribution in [0.2, 0.25) is 0 Å². The van der Waals surface area contributed by atoms with Gasteiger partial charge in [0.25, 0.3) is 0 Å². The third-order valence-electron chi connectivity index (χ3n) is 4.75. The average molecular weight is 355 g/mol. The molecule has 1 unspecified atom stereocenters. The average Bonchev–Trinajstić information content (AvgIpc) is 2.81. The zero-order valence-corrected chi connectivity index (χ0v) is 14.4. The first-order valence-corrected chi connectivity index (χ1v) is 9.61. The zero-order chi connectivity index (χ0) is 17.2. The molecule has 3 rings (SSSR count). The molecule has 3 heterocycles. The van der Waals surface area contributed by atoms with Crippen molar-refractivity contribution in [2.45, 2.75) is 18.1 Å². The summed E-state index contributed by atoms with van der Waals surface area (Å²) in [5.41, 5.74) is 0. The van der Waals surface area contributed by atoms with E-state index < -0.39 is 14.6 Å². The quantitative estimate of drug-likeness (QED) is 0.703. The van der Waals surface area contributed by atoms with E-state index >= 15 is 0 Å². The first-order valence-electron chi connectivity index (χ1n) is 7.96. The van der Waals surface area contributed by atoms with Gasteiger partial charge in [-0.2, -0.15) is 0 Å². The highest BCUT2D eigenvalue weighted by Gasteiger charge is 2.62. The Labute approximate surface area is 141 Å². The number of hydrogen-bond acceptors (Lipinski definition) is 7. The third-order valence-corrected chi connectivity index (χ3v) is 7.36. The number of amides is 1. The Balaban J connectivity index is 1.65. The fourth-order valence-corrected chi connectivity index (χ4v) is 5.70. The minimum atomic E-state index is -3.25. The van der Waals surface area contributed by atoms with E-state index in [1.165, 1.54) is 0 Å². The summed E-state index contributed by atoms with van der Waals surface area (Å²) in [5, 5.41) is 0. The van der Waals surface area contributed by atoms with Crippen molar-refractivity contribution >= 4 is 15.7 Å². The van der Waals surface area contributed by atoms with Crippen molar-refractivity contribution in [2.24, 2.45) is 5.92 Å². The van der Waals surface area contributed by atoms with Gasteiger partial charge in [-0.1, -0.05) is 0 Å². The Kier molecular flexibility index (Phi) is 4.73. The smallest absolute Gasteiger partial charge is 0.316 e. The molecular formula is C15H21N3O5S. The van der Waals surface area contributed by atoms with Gasteiger partial charge in [0.1, 0.15) is 11.4 Å². The second-order valence-corrected chi connectivity index (χ2v) is 8.55. The molecule has 8 nitrogen and oxygen atoms in total. The lowest BCUT2D eigenvalue weighted by Gasteiger charge is -2.49. The van der Waals surface area contributed by atoms with Crippen LogP contribution in [-0.4, -0.2) is 72.6 Å². The predicted octanol–water partition coefficient (Wildman–Crippen LogP) is -0.0924. The second-order valence-electron chi connectivity index (χ2n) is 6.10. The zero-order valence-electron chi connectivity index (χ0n) is 13.6. The van der Waals surface area contributed by atoms with Crippen LogP contribution in [0.1, 0.15) is 13.3 Å². The van der Waals surface area contributed by atoms with Crippen molar-refractivity contribution < 1.29 is 22.7 Å². The van der Waals surface area contributed by atoms with Gasteiger partial charge in [-0.25, -0.2) is 18.4 Å². The molecule has 1 spiro atoms. The van der Waals surface area contributed by atoms with Crippen LogP contribution in [0.15, 0.2) is 18.5 Å². The molecule has 1 aromatic heterocycles. The predicted molar refractivity (Wildman–Crippen MR) is 85.2 cm³/mol. The van der Waals surface area contributed by atoms with Crippen LogP contribution in [0.25, 0.3) is 0 Å². The first-order chi connectivity index (χ1) is 11.5. The number of hydrogen-bond donors (Lipinski definition) is 0. The van der Waals surface area contributed by atoms with E-state index in [0.29, 0.717) is 13.0 Å². The van der Waals surface area contributed by atoms with E-state index in [1.807, 2.05) is 6.92 Å². The molecule has 2 fully saturated rings. The summed E-state index contributed by atoms with van der Waals surface area (Å²) in [6, 6.07) is 1.92. The number of carbonyl (C=O) groups is 1. The van der Waals surface area contributed by atoms with Crippen LogP contribution in [0, 0.1) is 5.92 Å². The Morgan fingerprint density at radius 3 is 2.75 bits per heavy atom. The lowest BCUT2D eigenvalue weighted by atomic mass is 9.83. The number of ether oxygens (including phenoxy) is 2. The maximum atomic E-state index is 12.5. The van der Waals surface area contributed by atoms with Crippen molar-refractivity contribution in [2.75, 3.05) is 38.7 Å². The Bertz CT molecular complexity index is 688. The van der Waals surface area contributed by atoms with Gasteiger partial charge in [-0.05, 0) is 19.4 Å². The molecule has 0 saturated carbocycles. The molecule has 0 bridgehead atoms. The second kappa shape index (κ2) is 6.64. The molecule has 0 N–H and O–H groups in total. The lowest BCUT2D eigenvalue weighted by Crippen LogP contribution is -2.69. The molecule has 2 saturated heterocycles. The van der Waals surface area contributed by atoms with Gasteiger partial charge < -0.3 is 14.4 Å². The molecule has 1 amide bonds. The van der Waals surface area contributed by atoms with E-state index in [2.05, 4.69) is 9.97 Å². The summed E-state index contributed by atoms with van der Waals surface area (Å²) in [4.78, 5) is 21.5. The van der Waals surface area contributed by atoms with Gasteiger partial charge in [0, 0.05) is 38.0 Å². The fourth-order valence-electron chi connectivity index (χ4n) is 3.30. The van der Waals surface area contributed by atoms with Crippen LogP contribution in [0.4, 0.5) is 0 Å². The van der Waals surface area contributed by atoms with Crippen LogP contribution in [-0.2, 0) is 19.4 Å². The van der Waals surface area contributed by atoms with Crippen molar-refractivity contribution in [3.05, 3.63) is 18.5 Å². The molecule has 1 atom stereocenters. The van der Waals surface area contributed by atoms with Crippen molar-refractivity contribution in [3.8, 4) is 6.01 Å². The van der Waals surface area contributed by atoms with Gasteiger partial charge in [0.2, 0.25) is 5.91 Å². The molecule has 0 aliphatic carbocycles. The molecule has 0 aromatic carbocycles. The number of nitrogens with zero attached hydrogens (tertiary/aromatic N) is 3. The van der Waals surface area contributed by atoms with Crippen molar-refractivity contribution in [1.29, 1.82) is 0 Å². The van der Waals surface area contributed by atoms with E-state index in [9.17, 15) is 13.2 Å². The molecule has 132 valence electrons. The normalized spacial score (nSPS) is 23.9. The minimum Gasteiger partial charge on any atom is -0.463 e. The number of rotatable bonds is 6. The van der Waals surface area contributed by atoms with Gasteiger partial charge in [-0.15, -0.1) is 0 Å². The van der Waals surface area contributed by atoms with E-state index in [1.54, 1.807) is 23.4 Å². The van der Waals surface area contributed by atoms with Gasteiger partial charge in [0.05, 0.1) is 12.4 Å². The fraction of sp³-hybridized carbons (Fsp3) is 0.667. The largest absolute Gasteiger partial charge is 0.463 e. The molecular weight excluding hydrogens is 334 g/mol. The standard InChI is InChI=1S/C15H21N3O5S/c1-2-22-9-13(19)18-10-15(11-18)12(4-7-24(15,20)21)8-23-14-16-5-3-6-17-14/h3,5-6,12H,2,4,7-11H2,1H3. The molecule has 9 heteroatoms. The van der Waals surface area contributed by atoms with Gasteiger partial charge in [-0.3, -0.25) is 4.79 Å².